The predicted molar refractivity (Wildman–Crippen MR) is 110 cm³/mol. The van der Waals surface area contributed by atoms with Crippen LogP contribution in [0.15, 0.2) is 77.7 Å². The molecule has 0 radical (unpaired) electrons. The number of sulfonamides is 1. The summed E-state index contributed by atoms with van der Waals surface area (Å²) < 4.78 is 41.3. The number of nitrogens with zero attached hydrogens (tertiary/aromatic N) is 1. The molecule has 3 aromatic rings. The molecule has 0 saturated heterocycles. The predicted octanol–water partition coefficient (Wildman–Crippen LogP) is 4.03. The fourth-order valence-electron chi connectivity index (χ4n) is 3.02. The van der Waals surface area contributed by atoms with Crippen LogP contribution in [0.25, 0.3) is 11.1 Å². The van der Waals surface area contributed by atoms with E-state index in [1.165, 1.54) is 23.8 Å². The Kier molecular flexibility index (Phi) is 6.24. The second kappa shape index (κ2) is 8.65. The smallest absolute Gasteiger partial charge is 0.243 e. The molecule has 6 heteroatoms. The fourth-order valence-corrected chi connectivity index (χ4v) is 4.11. The molecule has 0 spiro atoms. The Labute approximate surface area is 165 Å². The standard InChI is InChI=1S/C22H23FN2O2S/c1-25(2)16-17-11-13-18(14-12-17)20-8-4-3-7-19(20)15-24-28(26,27)22-10-6-5-9-21(22)23/h3-14,24H,15-16H2,1-2H3. The van der Waals surface area contributed by atoms with Crippen LogP contribution in [0.4, 0.5) is 4.39 Å². The van der Waals surface area contributed by atoms with Gasteiger partial charge in [0.15, 0.2) is 0 Å². The Morgan fingerprint density at radius 1 is 0.893 bits per heavy atom. The Morgan fingerprint density at radius 3 is 2.21 bits per heavy atom. The van der Waals surface area contributed by atoms with Crippen molar-refractivity contribution in [3.8, 4) is 11.1 Å². The van der Waals surface area contributed by atoms with E-state index >= 15 is 0 Å². The molecule has 0 unspecified atom stereocenters. The lowest BCUT2D eigenvalue weighted by Gasteiger charge is -2.13. The summed E-state index contributed by atoms with van der Waals surface area (Å²) >= 11 is 0. The van der Waals surface area contributed by atoms with Gasteiger partial charge in [0.05, 0.1) is 0 Å². The lowest BCUT2D eigenvalue weighted by atomic mass is 9.99. The summed E-state index contributed by atoms with van der Waals surface area (Å²) in [5.41, 5.74) is 3.97. The Balaban J connectivity index is 1.82. The molecule has 0 aliphatic heterocycles. The molecule has 0 atom stereocenters. The summed E-state index contributed by atoms with van der Waals surface area (Å²) in [5.74, 6) is -0.764. The van der Waals surface area contributed by atoms with Crippen molar-refractivity contribution in [3.05, 3.63) is 89.7 Å². The fraction of sp³-hybridized carbons (Fsp3) is 0.182. The van der Waals surface area contributed by atoms with Gasteiger partial charge in [0.1, 0.15) is 10.7 Å². The Morgan fingerprint density at radius 2 is 1.54 bits per heavy atom. The number of halogens is 1. The van der Waals surface area contributed by atoms with E-state index in [4.69, 9.17) is 0 Å². The van der Waals surface area contributed by atoms with E-state index in [-0.39, 0.29) is 11.4 Å². The van der Waals surface area contributed by atoms with Crippen LogP contribution in [0, 0.1) is 5.82 Å². The van der Waals surface area contributed by atoms with Gasteiger partial charge in [-0.25, -0.2) is 17.5 Å². The van der Waals surface area contributed by atoms with Crippen LogP contribution in [0.2, 0.25) is 0 Å². The van der Waals surface area contributed by atoms with Crippen LogP contribution in [0.3, 0.4) is 0 Å². The first-order chi connectivity index (χ1) is 13.4. The molecule has 3 rings (SSSR count). The zero-order valence-corrected chi connectivity index (χ0v) is 16.7. The van der Waals surface area contributed by atoms with E-state index in [1.807, 2.05) is 50.5 Å². The summed E-state index contributed by atoms with van der Waals surface area (Å²) in [4.78, 5) is 1.75. The average molecular weight is 399 g/mol. The van der Waals surface area contributed by atoms with Gasteiger partial charge in [-0.2, -0.15) is 0 Å². The first-order valence-corrected chi connectivity index (χ1v) is 10.4. The number of hydrogen-bond donors (Lipinski definition) is 1. The summed E-state index contributed by atoms with van der Waals surface area (Å²) in [5, 5.41) is 0. The number of benzene rings is 3. The van der Waals surface area contributed by atoms with E-state index in [0.717, 1.165) is 29.3 Å². The van der Waals surface area contributed by atoms with Gasteiger partial charge in [-0.05, 0) is 48.5 Å². The Bertz CT molecular complexity index is 1050. The van der Waals surface area contributed by atoms with E-state index in [2.05, 4.69) is 21.8 Å². The van der Waals surface area contributed by atoms with Crippen LogP contribution in [-0.2, 0) is 23.1 Å². The monoisotopic (exact) mass is 398 g/mol. The van der Waals surface area contributed by atoms with Crippen LogP contribution in [0.1, 0.15) is 11.1 Å². The molecule has 0 aliphatic carbocycles. The van der Waals surface area contributed by atoms with Crippen molar-refractivity contribution in [1.82, 2.24) is 9.62 Å². The van der Waals surface area contributed by atoms with Crippen LogP contribution < -0.4 is 4.72 Å². The molecule has 0 saturated carbocycles. The van der Waals surface area contributed by atoms with Gasteiger partial charge in [-0.15, -0.1) is 0 Å². The van der Waals surface area contributed by atoms with Crippen molar-refractivity contribution >= 4 is 10.0 Å². The molecule has 28 heavy (non-hydrogen) atoms. The van der Waals surface area contributed by atoms with Crippen molar-refractivity contribution in [3.63, 3.8) is 0 Å². The first-order valence-electron chi connectivity index (χ1n) is 8.93. The van der Waals surface area contributed by atoms with Gasteiger partial charge in [-0.1, -0.05) is 60.7 Å². The lowest BCUT2D eigenvalue weighted by molar-refractivity contribution is 0.402. The van der Waals surface area contributed by atoms with Gasteiger partial charge >= 0.3 is 0 Å². The molecular formula is C22H23FN2O2S. The maximum atomic E-state index is 13.9. The minimum absolute atomic E-state index is 0.0757. The quantitative estimate of drug-likeness (QED) is 0.654. The molecule has 0 heterocycles. The van der Waals surface area contributed by atoms with Crippen molar-refractivity contribution in [2.45, 2.75) is 18.0 Å². The average Bonchev–Trinajstić information content (AvgIpc) is 2.67. The first kappa shape index (κ1) is 20.2. The number of rotatable bonds is 7. The topological polar surface area (TPSA) is 49.4 Å². The number of hydrogen-bond acceptors (Lipinski definition) is 3. The third-order valence-corrected chi connectivity index (χ3v) is 5.79. The summed E-state index contributed by atoms with van der Waals surface area (Å²) in [6, 6.07) is 21.1. The molecule has 0 amide bonds. The molecule has 146 valence electrons. The maximum Gasteiger partial charge on any atom is 0.243 e. The van der Waals surface area contributed by atoms with Gasteiger partial charge < -0.3 is 4.90 Å². The van der Waals surface area contributed by atoms with Gasteiger partial charge in [-0.3, -0.25) is 0 Å². The highest BCUT2D eigenvalue weighted by molar-refractivity contribution is 7.89. The molecule has 1 N–H and O–H groups in total. The van der Waals surface area contributed by atoms with Crippen LogP contribution in [0.5, 0.6) is 0 Å². The van der Waals surface area contributed by atoms with E-state index in [9.17, 15) is 12.8 Å². The second-order valence-electron chi connectivity index (χ2n) is 6.85. The van der Waals surface area contributed by atoms with E-state index in [1.54, 1.807) is 0 Å². The molecular weight excluding hydrogens is 375 g/mol. The molecule has 0 bridgehead atoms. The molecule has 0 aromatic heterocycles. The minimum atomic E-state index is -3.94. The highest BCUT2D eigenvalue weighted by Gasteiger charge is 2.18. The number of nitrogens with one attached hydrogen (secondary N) is 1. The largest absolute Gasteiger partial charge is 0.305 e. The van der Waals surface area contributed by atoms with Crippen molar-refractivity contribution in [2.75, 3.05) is 14.1 Å². The van der Waals surface area contributed by atoms with Crippen LogP contribution >= 0.6 is 0 Å². The van der Waals surface area contributed by atoms with E-state index < -0.39 is 15.8 Å². The SMILES string of the molecule is CN(C)Cc1ccc(-c2ccccc2CNS(=O)(=O)c2ccccc2F)cc1. The van der Waals surface area contributed by atoms with Crippen molar-refractivity contribution in [1.29, 1.82) is 0 Å². The van der Waals surface area contributed by atoms with Gasteiger partial charge in [0, 0.05) is 13.1 Å². The third-order valence-electron chi connectivity index (χ3n) is 4.36. The highest BCUT2D eigenvalue weighted by atomic mass is 32.2. The zero-order chi connectivity index (χ0) is 20.1. The van der Waals surface area contributed by atoms with Crippen molar-refractivity contribution in [2.24, 2.45) is 0 Å². The molecule has 0 aliphatic rings. The van der Waals surface area contributed by atoms with Crippen LogP contribution in [-0.4, -0.2) is 27.4 Å². The summed E-state index contributed by atoms with van der Waals surface area (Å²) in [6.45, 7) is 0.927. The minimum Gasteiger partial charge on any atom is -0.305 e. The maximum absolute atomic E-state index is 13.9. The summed E-state index contributed by atoms with van der Waals surface area (Å²) in [7, 11) is 0.0987. The highest BCUT2D eigenvalue weighted by Crippen LogP contribution is 2.25. The second-order valence-corrected chi connectivity index (χ2v) is 8.58. The van der Waals surface area contributed by atoms with Crippen molar-refractivity contribution < 1.29 is 12.8 Å². The van der Waals surface area contributed by atoms with Gasteiger partial charge in [0.2, 0.25) is 10.0 Å². The normalized spacial score (nSPS) is 11.7. The molecule has 0 fully saturated rings. The zero-order valence-electron chi connectivity index (χ0n) is 15.9. The summed E-state index contributed by atoms with van der Waals surface area (Å²) in [6.07, 6.45) is 0. The third kappa shape index (κ3) is 4.84. The Hall–Kier alpha value is -2.54. The molecule has 3 aromatic carbocycles. The lowest BCUT2D eigenvalue weighted by Crippen LogP contribution is -2.24. The van der Waals surface area contributed by atoms with E-state index in [0.29, 0.717) is 0 Å². The van der Waals surface area contributed by atoms with Gasteiger partial charge in [0.25, 0.3) is 0 Å². The molecule has 4 nitrogen and oxygen atoms in total.